The molecule has 0 N–H and O–H groups in total. The minimum Gasteiger partial charge on any atom is -0.0622 e. The van der Waals surface area contributed by atoms with E-state index in [1.165, 1.54) is 164 Å². The molecule has 16 aromatic rings. The summed E-state index contributed by atoms with van der Waals surface area (Å²) in [6.45, 7) is 0. The molecule has 0 aromatic heterocycles. The Balaban J connectivity index is 0.863. The summed E-state index contributed by atoms with van der Waals surface area (Å²) in [6, 6.07) is 113. The van der Waals surface area contributed by atoms with E-state index >= 15 is 0 Å². The van der Waals surface area contributed by atoms with Crippen molar-refractivity contribution in [1.29, 1.82) is 0 Å². The molecule has 370 valence electrons. The lowest BCUT2D eigenvalue weighted by atomic mass is 9.82. The maximum Gasteiger partial charge on any atom is -0.00259 e. The van der Waals surface area contributed by atoms with Gasteiger partial charge < -0.3 is 0 Å². The van der Waals surface area contributed by atoms with Gasteiger partial charge in [-0.25, -0.2) is 0 Å². The first kappa shape index (κ1) is 45.8. The first-order valence-electron chi connectivity index (χ1n) is 27.8. The number of hydrogen-bond donors (Lipinski definition) is 0. The molecular weight excluding hydrogens is 961 g/mol. The van der Waals surface area contributed by atoms with Gasteiger partial charge in [0.05, 0.1) is 0 Å². The van der Waals surface area contributed by atoms with Crippen molar-refractivity contribution in [2.75, 3.05) is 0 Å². The average Bonchev–Trinajstić information content (AvgIpc) is 3.59. The molecule has 0 atom stereocenters. The smallest absolute Gasteiger partial charge is 0.00259 e. The molecule has 0 aliphatic rings. The summed E-state index contributed by atoms with van der Waals surface area (Å²) in [4.78, 5) is 0. The predicted octanol–water partition coefficient (Wildman–Crippen LogP) is 22.5. The molecule has 0 unspecified atom stereocenters. The lowest BCUT2D eigenvalue weighted by Gasteiger charge is -2.21. The van der Waals surface area contributed by atoms with Gasteiger partial charge in [0.15, 0.2) is 0 Å². The van der Waals surface area contributed by atoms with E-state index in [9.17, 15) is 0 Å². The van der Waals surface area contributed by atoms with Crippen molar-refractivity contribution in [3.8, 4) is 89.0 Å². The molecule has 0 fully saturated rings. The highest BCUT2D eigenvalue weighted by Crippen LogP contribution is 2.50. The molecule has 0 heteroatoms. The fourth-order valence-corrected chi connectivity index (χ4v) is 13.4. The van der Waals surface area contributed by atoms with Gasteiger partial charge in [0, 0.05) is 0 Å². The molecule has 0 saturated carbocycles. The fraction of sp³-hybridized carbons (Fsp3) is 0. The summed E-state index contributed by atoms with van der Waals surface area (Å²) < 4.78 is 0. The summed E-state index contributed by atoms with van der Waals surface area (Å²) in [7, 11) is 0. The van der Waals surface area contributed by atoms with Crippen LogP contribution in [0.3, 0.4) is 0 Å². The Hall–Kier alpha value is -10.4. The first-order valence-corrected chi connectivity index (χ1v) is 27.8. The summed E-state index contributed by atoms with van der Waals surface area (Å²) >= 11 is 0. The van der Waals surface area contributed by atoms with Crippen molar-refractivity contribution in [2.45, 2.75) is 0 Å². The molecule has 0 heterocycles. The van der Waals surface area contributed by atoms with Crippen LogP contribution in [0.5, 0.6) is 0 Å². The monoisotopic (exact) mass is 1010 g/mol. The molecule has 0 aliphatic heterocycles. The first-order chi connectivity index (χ1) is 39.7. The molecule has 0 bridgehead atoms. The van der Waals surface area contributed by atoms with Gasteiger partial charge in [-0.05, 0) is 225 Å². The van der Waals surface area contributed by atoms with Crippen molar-refractivity contribution >= 4 is 75.4 Å². The highest BCUT2D eigenvalue weighted by Gasteiger charge is 2.22. The predicted molar refractivity (Wildman–Crippen MR) is 344 cm³/mol. The van der Waals surface area contributed by atoms with Crippen LogP contribution in [0.25, 0.3) is 164 Å². The third-order valence-electron chi connectivity index (χ3n) is 16.8. The Morgan fingerprint density at radius 2 is 0.300 bits per heavy atom. The largest absolute Gasteiger partial charge is 0.0622 e. The van der Waals surface area contributed by atoms with E-state index in [1.54, 1.807) is 0 Å². The zero-order chi connectivity index (χ0) is 52.7. The molecule has 0 saturated heterocycles. The Morgan fingerprint density at radius 3 is 0.512 bits per heavy atom. The number of fused-ring (bicyclic) bond motifs is 4. The van der Waals surface area contributed by atoms with E-state index in [2.05, 4.69) is 303 Å². The van der Waals surface area contributed by atoms with E-state index in [1.807, 2.05) is 0 Å². The summed E-state index contributed by atoms with van der Waals surface area (Å²) in [5, 5.41) is 17.6. The van der Waals surface area contributed by atoms with E-state index < -0.39 is 0 Å². The van der Waals surface area contributed by atoms with Crippen LogP contribution < -0.4 is 0 Å². The summed E-state index contributed by atoms with van der Waals surface area (Å²) in [5.41, 5.74) is 19.6. The van der Waals surface area contributed by atoms with Crippen LogP contribution in [0, 0.1) is 0 Å². The SMILES string of the molecule is c1ccc(-c2cc(-c3ccccc3)cc(-c3c4ccccc4c(-c4cc5ccc6cc(-c7c8ccccc8c(-c8cc(-c9ccccc9)cc(-c9ccccc9)c8)c8ccccc78)cc7ccc(c4)c5c67)c4ccccc34)c2)cc1. The van der Waals surface area contributed by atoms with E-state index in [0.29, 0.717) is 0 Å². The highest BCUT2D eigenvalue weighted by atomic mass is 14.3. The number of benzene rings is 16. The van der Waals surface area contributed by atoms with Crippen molar-refractivity contribution in [3.63, 3.8) is 0 Å². The molecule has 0 amide bonds. The summed E-state index contributed by atoms with van der Waals surface area (Å²) in [6.07, 6.45) is 0. The fourth-order valence-electron chi connectivity index (χ4n) is 13.4. The Bertz CT molecular complexity index is 4450. The quantitative estimate of drug-likeness (QED) is 0.105. The maximum atomic E-state index is 2.45. The minimum atomic E-state index is 1.21. The third-order valence-corrected chi connectivity index (χ3v) is 16.8. The Labute approximate surface area is 465 Å². The van der Waals surface area contributed by atoms with Gasteiger partial charge in [0.1, 0.15) is 0 Å². The van der Waals surface area contributed by atoms with E-state index in [4.69, 9.17) is 0 Å². The van der Waals surface area contributed by atoms with Gasteiger partial charge in [-0.3, -0.25) is 0 Å². The van der Waals surface area contributed by atoms with Crippen molar-refractivity contribution < 1.29 is 0 Å². The number of rotatable bonds is 8. The van der Waals surface area contributed by atoms with Crippen LogP contribution >= 0.6 is 0 Å². The van der Waals surface area contributed by atoms with Gasteiger partial charge in [0.2, 0.25) is 0 Å². The second-order valence-electron chi connectivity index (χ2n) is 21.5. The average molecular weight is 1010 g/mol. The van der Waals surface area contributed by atoms with Crippen molar-refractivity contribution in [1.82, 2.24) is 0 Å². The maximum absolute atomic E-state index is 2.45. The molecule has 0 radical (unpaired) electrons. The normalized spacial score (nSPS) is 11.8. The van der Waals surface area contributed by atoms with Gasteiger partial charge in [-0.15, -0.1) is 0 Å². The van der Waals surface area contributed by atoms with Crippen LogP contribution in [0.15, 0.2) is 303 Å². The standard InChI is InChI=1S/C80H50/c1-5-21-51(22-6-1)59-45-60(52-23-7-2-8-24-52)48-65(47-59)79-71-33-17-13-29-67(71)77(68-30-14-18-34-72(68)79)63-41-55-37-39-57-43-64(44-58-40-38-56(42-63)75(55)76(57)58)78-69-31-15-19-35-73(69)80(74-36-20-16-32-70(74)78)66-49-61(53-25-9-3-10-26-53)46-62(50-66)54-27-11-4-12-28-54/h1-50H. The molecule has 0 spiro atoms. The second kappa shape index (κ2) is 18.7. The van der Waals surface area contributed by atoms with Crippen LogP contribution in [-0.2, 0) is 0 Å². The second-order valence-corrected chi connectivity index (χ2v) is 21.5. The zero-order valence-corrected chi connectivity index (χ0v) is 43.9. The summed E-state index contributed by atoms with van der Waals surface area (Å²) in [5.74, 6) is 0. The topological polar surface area (TPSA) is 0 Å². The van der Waals surface area contributed by atoms with Gasteiger partial charge in [0.25, 0.3) is 0 Å². The lowest BCUT2D eigenvalue weighted by Crippen LogP contribution is -1.94. The molecule has 0 nitrogen and oxygen atoms in total. The molecule has 16 rings (SSSR count). The van der Waals surface area contributed by atoms with Crippen LogP contribution in [0.1, 0.15) is 0 Å². The van der Waals surface area contributed by atoms with E-state index in [-0.39, 0.29) is 0 Å². The number of hydrogen-bond acceptors (Lipinski definition) is 0. The Kier molecular flexibility index (Phi) is 10.7. The zero-order valence-electron chi connectivity index (χ0n) is 43.9. The van der Waals surface area contributed by atoms with Gasteiger partial charge in [-0.1, -0.05) is 243 Å². The van der Waals surface area contributed by atoms with Gasteiger partial charge >= 0.3 is 0 Å². The molecular formula is C80H50. The molecule has 80 heavy (non-hydrogen) atoms. The van der Waals surface area contributed by atoms with Crippen LogP contribution in [0.4, 0.5) is 0 Å². The van der Waals surface area contributed by atoms with Crippen molar-refractivity contribution in [2.24, 2.45) is 0 Å². The molecule has 16 aromatic carbocycles. The van der Waals surface area contributed by atoms with E-state index in [0.717, 1.165) is 0 Å². The minimum absolute atomic E-state index is 1.21. The highest BCUT2D eigenvalue weighted by molar-refractivity contribution is 6.29. The molecule has 0 aliphatic carbocycles. The van der Waals surface area contributed by atoms with Crippen LogP contribution in [0.2, 0.25) is 0 Å². The third kappa shape index (κ3) is 7.53. The van der Waals surface area contributed by atoms with Crippen molar-refractivity contribution in [3.05, 3.63) is 303 Å². The van der Waals surface area contributed by atoms with Gasteiger partial charge in [-0.2, -0.15) is 0 Å². The Morgan fingerprint density at radius 1 is 0.125 bits per heavy atom. The lowest BCUT2D eigenvalue weighted by molar-refractivity contribution is 1.58. The van der Waals surface area contributed by atoms with Crippen LogP contribution in [-0.4, -0.2) is 0 Å².